The van der Waals surface area contributed by atoms with E-state index < -0.39 is 0 Å². The molecule has 0 bridgehead atoms. The first-order chi connectivity index (χ1) is 9.46. The van der Waals surface area contributed by atoms with Crippen molar-refractivity contribution < 1.29 is 14.3 Å². The molecule has 0 aliphatic heterocycles. The fourth-order valence-corrected chi connectivity index (χ4v) is 3.12. The zero-order chi connectivity index (χ0) is 15.3. The molecule has 0 aliphatic carbocycles. The van der Waals surface area contributed by atoms with Crippen LogP contribution in [0.1, 0.15) is 37.4 Å². The van der Waals surface area contributed by atoms with E-state index in [1.54, 1.807) is 14.0 Å². The van der Waals surface area contributed by atoms with E-state index in [1.165, 1.54) is 11.3 Å². The quantitative estimate of drug-likeness (QED) is 0.784. The summed E-state index contributed by atoms with van der Waals surface area (Å²) in [5.41, 5.74) is 6.40. The van der Waals surface area contributed by atoms with Gasteiger partial charge in [-0.3, -0.25) is 0 Å². The van der Waals surface area contributed by atoms with Gasteiger partial charge in [0.15, 0.2) is 5.75 Å². The molecule has 0 aliphatic rings. The third kappa shape index (κ3) is 3.56. The molecule has 114 valence electrons. The van der Waals surface area contributed by atoms with Gasteiger partial charge in [0, 0.05) is 13.1 Å². The molecule has 1 rings (SSSR count). The molecule has 0 spiro atoms. The van der Waals surface area contributed by atoms with Crippen molar-refractivity contribution >= 4 is 28.0 Å². The molecule has 1 aromatic rings. The van der Waals surface area contributed by atoms with Gasteiger partial charge in [-0.15, -0.1) is 11.3 Å². The largest absolute Gasteiger partial charge is 0.492 e. The lowest BCUT2D eigenvalue weighted by Gasteiger charge is -2.24. The van der Waals surface area contributed by atoms with Crippen molar-refractivity contribution in [2.24, 2.45) is 5.92 Å². The summed E-state index contributed by atoms with van der Waals surface area (Å²) in [5, 5.41) is 0.893. The Balaban J connectivity index is 3.18. The van der Waals surface area contributed by atoms with Crippen molar-refractivity contribution in [3.8, 4) is 5.75 Å². The third-order valence-electron chi connectivity index (χ3n) is 2.80. The Morgan fingerprint density at radius 1 is 1.40 bits per heavy atom. The number of hydrogen-bond donors (Lipinski definition) is 1. The molecule has 0 amide bonds. The van der Waals surface area contributed by atoms with E-state index in [0.29, 0.717) is 28.8 Å². The van der Waals surface area contributed by atoms with E-state index in [-0.39, 0.29) is 5.97 Å². The van der Waals surface area contributed by atoms with Crippen LogP contribution in [0.15, 0.2) is 0 Å². The Bertz CT molecular complexity index is 458. The van der Waals surface area contributed by atoms with Crippen molar-refractivity contribution in [3.63, 3.8) is 0 Å². The van der Waals surface area contributed by atoms with Gasteiger partial charge in [0.2, 0.25) is 0 Å². The average Bonchev–Trinajstić information content (AvgIpc) is 2.73. The number of hydrogen-bond acceptors (Lipinski definition) is 6. The topological polar surface area (TPSA) is 64.8 Å². The van der Waals surface area contributed by atoms with Crippen LogP contribution in [-0.4, -0.2) is 32.8 Å². The number of rotatable bonds is 7. The number of nitrogens with zero attached hydrogens (tertiary/aromatic N) is 1. The number of thiophene rings is 1. The molecular formula is C14H24N2O3S. The standard InChI is InChI=1S/C14H24N2O3S/c1-6-16(8-9(3)4)13-11(18-5)10(15)12(20-13)14(17)19-7-2/h9H,6-8,15H2,1-5H3. The lowest BCUT2D eigenvalue weighted by Crippen LogP contribution is -2.26. The Labute approximate surface area is 124 Å². The maximum atomic E-state index is 11.9. The zero-order valence-corrected chi connectivity index (χ0v) is 13.7. The number of anilines is 2. The Morgan fingerprint density at radius 2 is 2.05 bits per heavy atom. The van der Waals surface area contributed by atoms with Crippen LogP contribution in [0.25, 0.3) is 0 Å². The SMILES string of the molecule is CCOC(=O)c1sc(N(CC)CC(C)C)c(OC)c1N. The number of nitrogens with two attached hydrogens (primary N) is 1. The summed E-state index contributed by atoms with van der Waals surface area (Å²) < 4.78 is 10.4. The number of nitrogen functional groups attached to an aromatic ring is 1. The molecule has 20 heavy (non-hydrogen) atoms. The summed E-state index contributed by atoms with van der Waals surface area (Å²) in [4.78, 5) is 14.5. The summed E-state index contributed by atoms with van der Waals surface area (Å²) in [6.07, 6.45) is 0. The van der Waals surface area contributed by atoms with Crippen LogP contribution < -0.4 is 15.4 Å². The molecule has 0 aromatic carbocycles. The molecular weight excluding hydrogens is 276 g/mol. The second-order valence-electron chi connectivity index (χ2n) is 4.84. The first-order valence-corrected chi connectivity index (χ1v) is 7.66. The predicted molar refractivity (Wildman–Crippen MR) is 84.0 cm³/mol. The fraction of sp³-hybridized carbons (Fsp3) is 0.643. The van der Waals surface area contributed by atoms with Gasteiger partial charge in [-0.1, -0.05) is 13.8 Å². The first kappa shape index (κ1) is 16.6. The van der Waals surface area contributed by atoms with Gasteiger partial charge in [0.05, 0.1) is 13.7 Å². The van der Waals surface area contributed by atoms with Gasteiger partial charge in [-0.25, -0.2) is 4.79 Å². The van der Waals surface area contributed by atoms with Gasteiger partial charge < -0.3 is 20.1 Å². The van der Waals surface area contributed by atoms with E-state index in [2.05, 4.69) is 25.7 Å². The number of methoxy groups -OCH3 is 1. The van der Waals surface area contributed by atoms with Crippen LogP contribution >= 0.6 is 11.3 Å². The van der Waals surface area contributed by atoms with Gasteiger partial charge in [-0.05, 0) is 19.8 Å². The second kappa shape index (κ2) is 7.38. The third-order valence-corrected chi connectivity index (χ3v) is 4.03. The van der Waals surface area contributed by atoms with Gasteiger partial charge >= 0.3 is 5.97 Å². The molecule has 2 N–H and O–H groups in total. The summed E-state index contributed by atoms with van der Waals surface area (Å²) in [6, 6.07) is 0. The van der Waals surface area contributed by atoms with E-state index in [1.807, 2.05) is 0 Å². The van der Waals surface area contributed by atoms with Crippen LogP contribution in [0.5, 0.6) is 5.75 Å². The summed E-state index contributed by atoms with van der Waals surface area (Å²) in [7, 11) is 1.57. The van der Waals surface area contributed by atoms with E-state index in [9.17, 15) is 4.79 Å². The zero-order valence-electron chi connectivity index (χ0n) is 12.9. The molecule has 1 heterocycles. The number of carbonyl (C=O) groups excluding carboxylic acids is 1. The molecule has 0 fully saturated rings. The first-order valence-electron chi connectivity index (χ1n) is 6.84. The van der Waals surface area contributed by atoms with E-state index >= 15 is 0 Å². The smallest absolute Gasteiger partial charge is 0.350 e. The molecule has 0 radical (unpaired) electrons. The highest BCUT2D eigenvalue weighted by Gasteiger charge is 2.25. The Hall–Kier alpha value is -1.43. The molecule has 0 atom stereocenters. The van der Waals surface area contributed by atoms with Gasteiger partial charge in [0.25, 0.3) is 0 Å². The van der Waals surface area contributed by atoms with Crippen molar-refractivity contribution in [3.05, 3.63) is 4.88 Å². The van der Waals surface area contributed by atoms with Crippen LogP contribution in [-0.2, 0) is 4.74 Å². The molecule has 0 saturated carbocycles. The minimum absolute atomic E-state index is 0.331. The lowest BCUT2D eigenvalue weighted by atomic mass is 10.2. The van der Waals surface area contributed by atoms with Crippen molar-refractivity contribution in [2.45, 2.75) is 27.7 Å². The van der Waals surface area contributed by atoms with Crippen LogP contribution in [0.3, 0.4) is 0 Å². The van der Waals surface area contributed by atoms with E-state index in [4.69, 9.17) is 15.2 Å². The Morgan fingerprint density at radius 3 is 2.50 bits per heavy atom. The summed E-state index contributed by atoms with van der Waals surface area (Å²) in [5.74, 6) is 0.690. The van der Waals surface area contributed by atoms with Crippen LogP contribution in [0.2, 0.25) is 0 Å². The van der Waals surface area contributed by atoms with Crippen LogP contribution in [0.4, 0.5) is 10.7 Å². The van der Waals surface area contributed by atoms with Gasteiger partial charge in [-0.2, -0.15) is 0 Å². The fourth-order valence-electron chi connectivity index (χ4n) is 1.97. The highest BCUT2D eigenvalue weighted by molar-refractivity contribution is 7.19. The monoisotopic (exact) mass is 300 g/mol. The van der Waals surface area contributed by atoms with Crippen molar-refractivity contribution in [1.82, 2.24) is 0 Å². The molecule has 1 aromatic heterocycles. The maximum absolute atomic E-state index is 11.9. The average molecular weight is 300 g/mol. The summed E-state index contributed by atoms with van der Waals surface area (Å²) in [6.45, 7) is 10.2. The maximum Gasteiger partial charge on any atom is 0.350 e. The molecule has 0 saturated heterocycles. The van der Waals surface area contributed by atoms with Crippen molar-refractivity contribution in [1.29, 1.82) is 0 Å². The molecule has 5 nitrogen and oxygen atoms in total. The predicted octanol–water partition coefficient (Wildman–Crippen LogP) is 3.00. The van der Waals surface area contributed by atoms with Crippen molar-refractivity contribution in [2.75, 3.05) is 37.4 Å². The van der Waals surface area contributed by atoms with Crippen LogP contribution in [0, 0.1) is 5.92 Å². The highest BCUT2D eigenvalue weighted by Crippen LogP contribution is 2.45. The molecule has 6 heteroatoms. The normalized spacial score (nSPS) is 10.7. The Kier molecular flexibility index (Phi) is 6.13. The lowest BCUT2D eigenvalue weighted by molar-refractivity contribution is 0.0533. The molecule has 0 unspecified atom stereocenters. The highest BCUT2D eigenvalue weighted by atomic mass is 32.1. The number of esters is 1. The van der Waals surface area contributed by atoms with Gasteiger partial charge in [0.1, 0.15) is 15.6 Å². The minimum Gasteiger partial charge on any atom is -0.492 e. The van der Waals surface area contributed by atoms with E-state index in [0.717, 1.165) is 18.1 Å². The second-order valence-corrected chi connectivity index (χ2v) is 5.84. The number of ether oxygens (including phenoxy) is 2. The number of carbonyl (C=O) groups is 1. The summed E-state index contributed by atoms with van der Waals surface area (Å²) >= 11 is 1.33. The minimum atomic E-state index is -0.389.